The number of hydrogen-bond donors (Lipinski definition) is 0. The molecule has 50 valence electrons. The van der Waals surface area contributed by atoms with Crippen LogP contribution in [0.15, 0.2) is 20.0 Å². The van der Waals surface area contributed by atoms with Crippen molar-refractivity contribution in [3.8, 4) is 0 Å². The quantitative estimate of drug-likeness (QED) is 0.429. The van der Waals surface area contributed by atoms with E-state index in [1.807, 2.05) is 0 Å². The van der Waals surface area contributed by atoms with Crippen molar-refractivity contribution in [3.63, 3.8) is 0 Å². The summed E-state index contributed by atoms with van der Waals surface area (Å²) in [6.45, 7) is 0. The molecule has 0 saturated heterocycles. The van der Waals surface area contributed by atoms with Crippen LogP contribution in [-0.2, 0) is 0 Å². The highest BCUT2D eigenvalue weighted by atomic mass is 19.1. The minimum Gasteiger partial charge on any atom is -0.256 e. The molecule has 0 bridgehead atoms. The first-order chi connectivity index (χ1) is 4.86. The van der Waals surface area contributed by atoms with E-state index in [1.165, 1.54) is 12.6 Å². The van der Waals surface area contributed by atoms with Crippen molar-refractivity contribution in [2.75, 3.05) is 0 Å². The largest absolute Gasteiger partial charge is 0.310 e. The highest BCUT2D eigenvalue weighted by Crippen LogP contribution is 2.06. The van der Waals surface area contributed by atoms with E-state index in [2.05, 4.69) is 20.0 Å². The monoisotopic (exact) mass is 138 g/mol. The second-order valence-corrected chi connectivity index (χ2v) is 1.86. The fourth-order valence-electron chi connectivity index (χ4n) is 0.763. The Morgan fingerprint density at radius 2 is 2.40 bits per heavy atom. The van der Waals surface area contributed by atoms with Crippen LogP contribution in [-0.4, -0.2) is 30.5 Å². The van der Waals surface area contributed by atoms with E-state index < -0.39 is 6.09 Å². The summed E-state index contributed by atoms with van der Waals surface area (Å²) in [7, 11) is 0. The van der Waals surface area contributed by atoms with Gasteiger partial charge in [-0.2, -0.15) is 9.38 Å². The van der Waals surface area contributed by atoms with Crippen LogP contribution in [0.5, 0.6) is 0 Å². The first kappa shape index (κ1) is 5.40. The predicted octanol–water partition coefficient (Wildman–Crippen LogP) is 0.205. The van der Waals surface area contributed by atoms with Crippen LogP contribution in [0, 0.1) is 0 Å². The summed E-state index contributed by atoms with van der Waals surface area (Å²) < 4.78 is 12.2. The SMILES string of the molecule is FC1=NC2=NC=NC2C=N1. The van der Waals surface area contributed by atoms with E-state index in [-0.39, 0.29) is 6.04 Å². The van der Waals surface area contributed by atoms with Crippen LogP contribution in [0.2, 0.25) is 0 Å². The molecule has 2 aliphatic rings. The maximum Gasteiger partial charge on any atom is 0.310 e. The van der Waals surface area contributed by atoms with E-state index in [4.69, 9.17) is 0 Å². The third-order valence-corrected chi connectivity index (χ3v) is 1.21. The minimum atomic E-state index is -0.750. The van der Waals surface area contributed by atoms with Gasteiger partial charge in [0.2, 0.25) is 0 Å². The fourth-order valence-corrected chi connectivity index (χ4v) is 0.763. The molecule has 5 heteroatoms. The van der Waals surface area contributed by atoms with Crippen LogP contribution in [0.4, 0.5) is 4.39 Å². The Hall–Kier alpha value is -1.39. The molecule has 0 N–H and O–H groups in total. The molecule has 2 heterocycles. The molecule has 10 heavy (non-hydrogen) atoms. The minimum absolute atomic E-state index is 0.250. The summed E-state index contributed by atoms with van der Waals surface area (Å²) in [5, 5.41) is 0. The van der Waals surface area contributed by atoms with Gasteiger partial charge in [-0.1, -0.05) is 0 Å². The van der Waals surface area contributed by atoms with Crippen molar-refractivity contribution in [1.82, 2.24) is 0 Å². The zero-order chi connectivity index (χ0) is 6.97. The van der Waals surface area contributed by atoms with Crippen LogP contribution in [0.1, 0.15) is 0 Å². The highest BCUT2D eigenvalue weighted by molar-refractivity contribution is 6.15. The van der Waals surface area contributed by atoms with E-state index in [0.29, 0.717) is 5.84 Å². The number of fused-ring (bicyclic) bond motifs is 1. The molecule has 0 aliphatic carbocycles. The molecule has 1 atom stereocenters. The second-order valence-electron chi connectivity index (χ2n) is 1.86. The van der Waals surface area contributed by atoms with E-state index in [9.17, 15) is 4.39 Å². The van der Waals surface area contributed by atoms with Crippen LogP contribution < -0.4 is 0 Å². The number of nitrogens with zero attached hydrogens (tertiary/aromatic N) is 4. The lowest BCUT2D eigenvalue weighted by Crippen LogP contribution is -2.20. The maximum atomic E-state index is 12.2. The van der Waals surface area contributed by atoms with Crippen LogP contribution >= 0.6 is 0 Å². The van der Waals surface area contributed by atoms with Crippen molar-refractivity contribution in [1.29, 1.82) is 0 Å². The van der Waals surface area contributed by atoms with Crippen molar-refractivity contribution in [2.24, 2.45) is 20.0 Å². The molecule has 2 aliphatic heterocycles. The van der Waals surface area contributed by atoms with Gasteiger partial charge in [-0.25, -0.2) is 9.98 Å². The molecule has 1 unspecified atom stereocenters. The third kappa shape index (κ3) is 0.671. The number of hydrogen-bond acceptors (Lipinski definition) is 4. The Morgan fingerprint density at radius 3 is 3.30 bits per heavy atom. The predicted molar refractivity (Wildman–Crippen MR) is 36.8 cm³/mol. The highest BCUT2D eigenvalue weighted by Gasteiger charge is 2.19. The summed E-state index contributed by atoms with van der Waals surface area (Å²) >= 11 is 0. The van der Waals surface area contributed by atoms with Crippen molar-refractivity contribution in [3.05, 3.63) is 0 Å². The average Bonchev–Trinajstić information content (AvgIpc) is 2.33. The summed E-state index contributed by atoms with van der Waals surface area (Å²) in [6.07, 6.45) is 1.99. The second kappa shape index (κ2) is 1.80. The summed E-state index contributed by atoms with van der Waals surface area (Å²) in [6, 6.07) is -0.250. The molecular weight excluding hydrogens is 135 g/mol. The molecule has 0 saturated carbocycles. The van der Waals surface area contributed by atoms with Gasteiger partial charge in [0.05, 0.1) is 0 Å². The van der Waals surface area contributed by atoms with Crippen molar-refractivity contribution >= 4 is 24.5 Å². The Labute approximate surface area is 55.9 Å². The van der Waals surface area contributed by atoms with Gasteiger partial charge < -0.3 is 0 Å². The average molecular weight is 138 g/mol. The lowest BCUT2D eigenvalue weighted by atomic mass is 10.3. The maximum absolute atomic E-state index is 12.2. The number of aliphatic imine (C=N–C) groups is 4. The van der Waals surface area contributed by atoms with Crippen LogP contribution in [0.3, 0.4) is 0 Å². The first-order valence-electron chi connectivity index (χ1n) is 2.74. The zero-order valence-electron chi connectivity index (χ0n) is 4.90. The first-order valence-corrected chi connectivity index (χ1v) is 2.74. The fraction of sp³-hybridized carbons (Fsp3) is 0.200. The Morgan fingerprint density at radius 1 is 1.50 bits per heavy atom. The molecular formula is C5H3FN4. The summed E-state index contributed by atoms with van der Waals surface area (Å²) in [4.78, 5) is 14.3. The van der Waals surface area contributed by atoms with Gasteiger partial charge in [-0.15, -0.1) is 0 Å². The van der Waals surface area contributed by atoms with Gasteiger partial charge in [-0.3, -0.25) is 4.99 Å². The van der Waals surface area contributed by atoms with Gasteiger partial charge in [0.1, 0.15) is 12.4 Å². The summed E-state index contributed by atoms with van der Waals surface area (Å²) in [5.74, 6) is 0.382. The Balaban J connectivity index is 2.39. The molecule has 0 fully saturated rings. The molecule has 0 spiro atoms. The van der Waals surface area contributed by atoms with Crippen molar-refractivity contribution in [2.45, 2.75) is 6.04 Å². The molecule has 0 aromatic rings. The van der Waals surface area contributed by atoms with Crippen molar-refractivity contribution < 1.29 is 4.39 Å². The Kier molecular flexibility index (Phi) is 0.969. The molecule has 0 aromatic carbocycles. The smallest absolute Gasteiger partial charge is 0.256 e. The van der Waals surface area contributed by atoms with Gasteiger partial charge in [-0.05, 0) is 0 Å². The molecule has 4 nitrogen and oxygen atoms in total. The van der Waals surface area contributed by atoms with E-state index in [0.717, 1.165) is 0 Å². The van der Waals surface area contributed by atoms with E-state index >= 15 is 0 Å². The molecule has 0 radical (unpaired) electrons. The number of amidine groups is 2. The van der Waals surface area contributed by atoms with E-state index in [1.54, 1.807) is 0 Å². The van der Waals surface area contributed by atoms with Gasteiger partial charge in [0.15, 0.2) is 5.84 Å². The van der Waals surface area contributed by atoms with Crippen LogP contribution in [0.25, 0.3) is 0 Å². The number of halogens is 1. The van der Waals surface area contributed by atoms with Gasteiger partial charge in [0, 0.05) is 6.21 Å². The zero-order valence-corrected chi connectivity index (χ0v) is 4.90. The topological polar surface area (TPSA) is 49.4 Å². The van der Waals surface area contributed by atoms with Gasteiger partial charge in [0.25, 0.3) is 0 Å². The van der Waals surface area contributed by atoms with Gasteiger partial charge >= 0.3 is 6.09 Å². The summed E-state index contributed by atoms with van der Waals surface area (Å²) in [5.41, 5.74) is 0. The Bertz CT molecular complexity index is 275. The lowest BCUT2D eigenvalue weighted by molar-refractivity contribution is 0.789. The molecule has 0 aromatic heterocycles. The lowest BCUT2D eigenvalue weighted by Gasteiger charge is -2.02. The normalized spacial score (nSPS) is 27.9. The molecule has 2 rings (SSSR count). The standard InChI is InChI=1S/C5H3FN4/c6-5-7-1-3-4(10-5)9-2-8-3/h1-3H. The number of rotatable bonds is 0. The third-order valence-electron chi connectivity index (χ3n) is 1.21. The molecule has 0 amide bonds.